The second kappa shape index (κ2) is 3.37. The average molecular weight is 75.9 g/mol. The van der Waals surface area contributed by atoms with Crippen molar-refractivity contribution in [3.63, 3.8) is 0 Å². The molecular weight excluding hydrogens is 70.9 g/mol. The van der Waals surface area contributed by atoms with Crippen molar-refractivity contribution in [2.45, 2.75) is 0 Å². The van der Waals surface area contributed by atoms with Crippen molar-refractivity contribution in [1.29, 1.82) is 0 Å². The van der Waals surface area contributed by atoms with Crippen LogP contribution in [0.15, 0.2) is 0 Å². The molecule has 1 nitrogen and oxygen atoms in total. The first-order valence-electron chi connectivity index (χ1n) is 0.983. The Balaban J connectivity index is 1.97. The van der Waals surface area contributed by atoms with Crippen LogP contribution in [0.25, 0.3) is 0 Å². The molecule has 0 atom stereocenters. The Kier molecular flexibility index (Phi) is 3.69. The smallest absolute Gasteiger partial charge is 0.277 e. The van der Waals surface area contributed by atoms with Gasteiger partial charge in [0.2, 0.25) is 0 Å². The summed E-state index contributed by atoms with van der Waals surface area (Å²) in [7, 11) is 1.64. The fourth-order valence-electron chi connectivity index (χ4n) is 0. The van der Waals surface area contributed by atoms with Crippen LogP contribution in [0.2, 0.25) is 0 Å². The van der Waals surface area contributed by atoms with E-state index in [9.17, 15) is 0 Å². The molecule has 0 spiro atoms. The van der Waals surface area contributed by atoms with Crippen LogP contribution in [0, 0.1) is 0 Å². The molecule has 24 valence electrons. The lowest BCUT2D eigenvalue weighted by molar-refractivity contribution is 0.729. The summed E-state index contributed by atoms with van der Waals surface area (Å²) < 4.78 is 4.46. The van der Waals surface area contributed by atoms with Crippen molar-refractivity contribution in [1.82, 2.24) is 0 Å². The zero-order valence-electron chi connectivity index (χ0n) is 2.82. The molecule has 0 aromatic heterocycles. The van der Waals surface area contributed by atoms with Gasteiger partial charge in [-0.3, -0.25) is 0 Å². The van der Waals surface area contributed by atoms with Crippen LogP contribution in [0.5, 0.6) is 0 Å². The van der Waals surface area contributed by atoms with Gasteiger partial charge in [0.05, 0.1) is 0 Å². The molecule has 0 amide bonds. The third-order valence-electron chi connectivity index (χ3n) is 0.167. The SMILES string of the molecule is BOSC. The van der Waals surface area contributed by atoms with Crippen LogP contribution in [0.1, 0.15) is 0 Å². The predicted octanol–water partition coefficient (Wildman–Crippen LogP) is -0.171. The van der Waals surface area contributed by atoms with Crippen molar-refractivity contribution in [2.24, 2.45) is 0 Å². The Bertz CT molecular complexity index is 10.0. The third-order valence-corrected chi connectivity index (χ3v) is 0.500. The number of rotatable bonds is 1. The summed E-state index contributed by atoms with van der Waals surface area (Å²) in [5.41, 5.74) is 0. The minimum Gasteiger partial charge on any atom is -0.386 e. The fourth-order valence-corrected chi connectivity index (χ4v) is 0. The van der Waals surface area contributed by atoms with Crippen molar-refractivity contribution in [2.75, 3.05) is 6.26 Å². The average Bonchev–Trinajstić information content (AvgIpc) is 1.37. The van der Waals surface area contributed by atoms with Gasteiger partial charge in [-0.05, 0) is 12.0 Å². The van der Waals surface area contributed by atoms with Gasteiger partial charge in [-0.2, -0.15) is 0 Å². The molecule has 0 N–H and O–H groups in total. The molecule has 3 heteroatoms. The zero-order valence-corrected chi connectivity index (χ0v) is 3.63. The summed E-state index contributed by atoms with van der Waals surface area (Å²) in [5.74, 6) is 0. The lowest BCUT2D eigenvalue weighted by atomic mass is 10.6. The summed E-state index contributed by atoms with van der Waals surface area (Å²) in [6.45, 7) is 0. The van der Waals surface area contributed by atoms with E-state index in [2.05, 4.69) is 4.10 Å². The third kappa shape index (κ3) is 2.37. The van der Waals surface area contributed by atoms with Gasteiger partial charge in [0.25, 0.3) is 8.05 Å². The van der Waals surface area contributed by atoms with Gasteiger partial charge in [-0.15, -0.1) is 0 Å². The highest BCUT2D eigenvalue weighted by Gasteiger charge is 1.53. The maximum absolute atomic E-state index is 4.46. The monoisotopic (exact) mass is 76.0 g/mol. The van der Waals surface area contributed by atoms with Gasteiger partial charge in [0, 0.05) is 6.26 Å². The summed E-state index contributed by atoms with van der Waals surface area (Å²) in [4.78, 5) is 0. The molecule has 0 aliphatic carbocycles. The van der Waals surface area contributed by atoms with Gasteiger partial charge < -0.3 is 4.10 Å². The molecule has 0 unspecified atom stereocenters. The van der Waals surface area contributed by atoms with E-state index in [0.717, 1.165) is 0 Å². The van der Waals surface area contributed by atoms with Crippen LogP contribution in [0.3, 0.4) is 0 Å². The first-order chi connectivity index (χ1) is 1.91. The minimum absolute atomic E-state index is 1.36. The van der Waals surface area contributed by atoms with Crippen LogP contribution in [-0.2, 0) is 4.10 Å². The molecule has 0 saturated heterocycles. The lowest BCUT2D eigenvalue weighted by Crippen LogP contribution is -1.57. The molecule has 0 aromatic carbocycles. The van der Waals surface area contributed by atoms with Crippen LogP contribution >= 0.6 is 12.0 Å². The molecule has 4 heavy (non-hydrogen) atoms. The van der Waals surface area contributed by atoms with Gasteiger partial charge in [0.1, 0.15) is 0 Å². The van der Waals surface area contributed by atoms with Crippen molar-refractivity contribution >= 4 is 20.1 Å². The molecular formula is CH5BOS. The molecule has 0 aliphatic heterocycles. The quantitative estimate of drug-likeness (QED) is 0.316. The van der Waals surface area contributed by atoms with Crippen LogP contribution in [-0.4, -0.2) is 14.3 Å². The van der Waals surface area contributed by atoms with Gasteiger partial charge in [-0.25, -0.2) is 0 Å². The van der Waals surface area contributed by atoms with Crippen LogP contribution < -0.4 is 0 Å². The van der Waals surface area contributed by atoms with Crippen molar-refractivity contribution in [3.05, 3.63) is 0 Å². The Morgan fingerprint density at radius 2 is 2.25 bits per heavy atom. The van der Waals surface area contributed by atoms with E-state index in [1.807, 2.05) is 6.26 Å². The maximum Gasteiger partial charge on any atom is 0.277 e. The second-order valence-corrected chi connectivity index (χ2v) is 1.00. The largest absolute Gasteiger partial charge is 0.386 e. The van der Waals surface area contributed by atoms with Crippen LogP contribution in [0.4, 0.5) is 0 Å². The minimum atomic E-state index is 1.36. The molecule has 0 aromatic rings. The summed E-state index contributed by atoms with van der Waals surface area (Å²) in [6, 6.07) is 0. The number of hydrogen-bond acceptors (Lipinski definition) is 2. The van der Waals surface area contributed by atoms with E-state index in [1.54, 1.807) is 8.05 Å². The summed E-state index contributed by atoms with van der Waals surface area (Å²) in [5, 5.41) is 0. The Hall–Kier alpha value is 0.375. The Morgan fingerprint density at radius 1 is 2.00 bits per heavy atom. The molecule has 0 bridgehead atoms. The Labute approximate surface area is 31.4 Å². The molecule has 0 rings (SSSR count). The highest BCUT2D eigenvalue weighted by molar-refractivity contribution is 7.94. The van der Waals surface area contributed by atoms with E-state index in [1.165, 1.54) is 12.0 Å². The molecule has 0 saturated carbocycles. The molecule has 0 heterocycles. The maximum atomic E-state index is 4.46. The highest BCUT2D eigenvalue weighted by atomic mass is 32.2. The first kappa shape index (κ1) is 4.37. The predicted molar refractivity (Wildman–Crippen MR) is 23.1 cm³/mol. The second-order valence-electron chi connectivity index (χ2n) is 0.333. The standard InChI is InChI=1S/CH5BOS/c1-4-3-2/h2H2,1H3. The van der Waals surface area contributed by atoms with Gasteiger partial charge in [-0.1, -0.05) is 0 Å². The van der Waals surface area contributed by atoms with Gasteiger partial charge in [0.15, 0.2) is 0 Å². The van der Waals surface area contributed by atoms with Crippen molar-refractivity contribution < 1.29 is 4.10 Å². The van der Waals surface area contributed by atoms with Gasteiger partial charge >= 0.3 is 0 Å². The van der Waals surface area contributed by atoms with E-state index in [0.29, 0.717) is 0 Å². The fraction of sp³-hybridized carbons (Fsp3) is 1.00. The van der Waals surface area contributed by atoms with E-state index >= 15 is 0 Å². The normalized spacial score (nSPS) is 7.25. The zero-order chi connectivity index (χ0) is 3.41. The topological polar surface area (TPSA) is 9.23 Å². The van der Waals surface area contributed by atoms with E-state index < -0.39 is 0 Å². The molecule has 0 aliphatic rings. The highest BCUT2D eigenvalue weighted by Crippen LogP contribution is 1.83. The Morgan fingerprint density at radius 3 is 2.25 bits per heavy atom. The van der Waals surface area contributed by atoms with E-state index in [4.69, 9.17) is 0 Å². The molecule has 0 fully saturated rings. The molecule has 0 radical (unpaired) electrons. The lowest BCUT2D eigenvalue weighted by Gasteiger charge is -1.75. The summed E-state index contributed by atoms with van der Waals surface area (Å²) in [6.07, 6.45) is 1.88. The number of hydrogen-bond donors (Lipinski definition) is 0. The first-order valence-corrected chi connectivity index (χ1v) is 2.13. The van der Waals surface area contributed by atoms with Crippen molar-refractivity contribution in [3.8, 4) is 0 Å². The summed E-state index contributed by atoms with van der Waals surface area (Å²) >= 11 is 1.36. The van der Waals surface area contributed by atoms with E-state index in [-0.39, 0.29) is 0 Å².